The third-order valence-corrected chi connectivity index (χ3v) is 7.72. The van der Waals surface area contributed by atoms with Crippen LogP contribution in [0.4, 0.5) is 5.82 Å². The molecule has 0 aliphatic carbocycles. The molecule has 0 bridgehead atoms. The molecule has 0 atom stereocenters. The van der Waals surface area contributed by atoms with E-state index in [9.17, 15) is 9.59 Å². The normalized spacial score (nSPS) is 18.3. The Morgan fingerprint density at radius 1 is 1.03 bits per heavy atom. The van der Waals surface area contributed by atoms with E-state index in [2.05, 4.69) is 31.0 Å². The molecule has 0 aromatic carbocycles. The summed E-state index contributed by atoms with van der Waals surface area (Å²) in [6.07, 6.45) is 3.04. The Bertz CT molecular complexity index is 904. The monoisotopic (exact) mass is 506 g/mol. The molecule has 2 fully saturated rings. The molecular formula is C22H27BrN4O3S. The Labute approximate surface area is 194 Å². The van der Waals surface area contributed by atoms with E-state index in [-0.39, 0.29) is 23.7 Å². The smallest absolute Gasteiger partial charge is 0.309 e. The zero-order valence-corrected chi connectivity index (χ0v) is 20.0. The number of likely N-dealkylation sites (tertiary alicyclic amines) is 1. The summed E-state index contributed by atoms with van der Waals surface area (Å²) in [4.78, 5) is 30.1. The molecule has 2 aromatic heterocycles. The van der Waals surface area contributed by atoms with Gasteiger partial charge in [0.1, 0.15) is 5.69 Å². The first-order valence-electron chi connectivity index (χ1n) is 10.8. The van der Waals surface area contributed by atoms with Crippen molar-refractivity contribution in [1.82, 2.24) is 15.1 Å². The molecule has 0 unspecified atom stereocenters. The van der Waals surface area contributed by atoms with Crippen molar-refractivity contribution < 1.29 is 14.3 Å². The molecule has 0 radical (unpaired) electrons. The van der Waals surface area contributed by atoms with Gasteiger partial charge in [0.2, 0.25) is 5.91 Å². The van der Waals surface area contributed by atoms with Crippen molar-refractivity contribution in [2.75, 3.05) is 37.7 Å². The second-order valence-corrected chi connectivity index (χ2v) is 10.5. The molecule has 0 spiro atoms. The fourth-order valence-corrected chi connectivity index (χ4v) is 5.64. The van der Waals surface area contributed by atoms with Crippen LogP contribution in [0.3, 0.4) is 0 Å². The molecule has 7 nitrogen and oxygen atoms in total. The number of hydrogen-bond donors (Lipinski definition) is 0. The molecule has 166 valence electrons. The molecule has 1 amide bonds. The minimum Gasteiger partial charge on any atom is -0.466 e. The average Bonchev–Trinajstić information content (AvgIpc) is 3.25. The zero-order valence-electron chi connectivity index (χ0n) is 17.6. The second kappa shape index (κ2) is 10.1. The fraction of sp³-hybridized carbons (Fsp3) is 0.545. The fourth-order valence-electron chi connectivity index (χ4n) is 4.29. The van der Waals surface area contributed by atoms with E-state index in [0.717, 1.165) is 46.1 Å². The maximum Gasteiger partial charge on any atom is 0.309 e. The summed E-state index contributed by atoms with van der Waals surface area (Å²) in [5.41, 5.74) is 0.871. The van der Waals surface area contributed by atoms with Gasteiger partial charge < -0.3 is 14.5 Å². The van der Waals surface area contributed by atoms with Gasteiger partial charge >= 0.3 is 5.97 Å². The summed E-state index contributed by atoms with van der Waals surface area (Å²) >= 11 is 5.11. The maximum absolute atomic E-state index is 13.0. The lowest BCUT2D eigenvalue weighted by Crippen LogP contribution is -2.46. The number of carbonyl (C=O) groups is 2. The maximum atomic E-state index is 13.0. The summed E-state index contributed by atoms with van der Waals surface area (Å²) < 4.78 is 6.19. The summed E-state index contributed by atoms with van der Waals surface area (Å²) in [5, 5.41) is 8.80. The van der Waals surface area contributed by atoms with Gasteiger partial charge in [-0.05, 0) is 72.8 Å². The van der Waals surface area contributed by atoms with Gasteiger partial charge in [0.05, 0.1) is 21.2 Å². The van der Waals surface area contributed by atoms with E-state index < -0.39 is 0 Å². The molecule has 2 aliphatic heterocycles. The number of carbonyl (C=O) groups excluding carboxylic acids is 2. The van der Waals surface area contributed by atoms with Crippen LogP contribution in [-0.4, -0.2) is 59.8 Å². The van der Waals surface area contributed by atoms with Crippen LogP contribution < -0.4 is 4.90 Å². The number of halogens is 1. The van der Waals surface area contributed by atoms with E-state index in [1.165, 1.54) is 0 Å². The standard InChI is InChI=1S/C22H27BrN4O3S/c1-2-30-22(29)16-9-13-27(14-10-16)21(28)15-7-11-26(12-8-15)20-6-3-17(24-25-20)18-4-5-19(23)31-18/h3-6,15-16H,2,7-14H2,1H3. The number of nitrogens with zero attached hydrogens (tertiary/aromatic N) is 4. The number of anilines is 1. The molecular weight excluding hydrogens is 480 g/mol. The number of aromatic nitrogens is 2. The number of piperidine rings is 2. The Kier molecular flexibility index (Phi) is 7.22. The molecule has 2 saturated heterocycles. The zero-order chi connectivity index (χ0) is 21.8. The summed E-state index contributed by atoms with van der Waals surface area (Å²) in [6, 6.07) is 8.06. The quantitative estimate of drug-likeness (QED) is 0.570. The highest BCUT2D eigenvalue weighted by Crippen LogP contribution is 2.31. The van der Waals surface area contributed by atoms with Crippen molar-refractivity contribution in [3.05, 3.63) is 28.1 Å². The minimum atomic E-state index is -0.123. The predicted octanol–water partition coefficient (Wildman–Crippen LogP) is 3.99. The van der Waals surface area contributed by atoms with Crippen LogP contribution in [0.5, 0.6) is 0 Å². The van der Waals surface area contributed by atoms with E-state index in [0.29, 0.717) is 32.5 Å². The van der Waals surface area contributed by atoms with Gasteiger partial charge in [0, 0.05) is 32.1 Å². The van der Waals surface area contributed by atoms with Crippen molar-refractivity contribution >= 4 is 45.0 Å². The second-order valence-electron chi connectivity index (χ2n) is 7.99. The van der Waals surface area contributed by atoms with Gasteiger partial charge in [-0.2, -0.15) is 0 Å². The molecule has 0 saturated carbocycles. The van der Waals surface area contributed by atoms with Gasteiger partial charge in [-0.25, -0.2) is 0 Å². The first-order valence-corrected chi connectivity index (χ1v) is 12.5. The first-order chi connectivity index (χ1) is 15.0. The lowest BCUT2D eigenvalue weighted by atomic mass is 9.92. The van der Waals surface area contributed by atoms with Crippen molar-refractivity contribution in [2.24, 2.45) is 11.8 Å². The van der Waals surface area contributed by atoms with Crippen LogP contribution in [0.1, 0.15) is 32.6 Å². The van der Waals surface area contributed by atoms with Crippen LogP contribution in [0, 0.1) is 11.8 Å². The molecule has 0 N–H and O–H groups in total. The lowest BCUT2D eigenvalue weighted by molar-refractivity contribution is -0.151. The average molecular weight is 507 g/mol. The van der Waals surface area contributed by atoms with E-state index >= 15 is 0 Å². The van der Waals surface area contributed by atoms with Crippen LogP contribution in [0.15, 0.2) is 28.1 Å². The highest BCUT2D eigenvalue weighted by atomic mass is 79.9. The molecule has 2 aliphatic rings. The van der Waals surface area contributed by atoms with Crippen LogP contribution >= 0.6 is 27.3 Å². The Hall–Kier alpha value is -2.00. The van der Waals surface area contributed by atoms with Crippen LogP contribution in [0.25, 0.3) is 10.6 Å². The molecule has 31 heavy (non-hydrogen) atoms. The Balaban J connectivity index is 1.27. The van der Waals surface area contributed by atoms with Crippen molar-refractivity contribution in [2.45, 2.75) is 32.6 Å². The van der Waals surface area contributed by atoms with Gasteiger partial charge in [0.15, 0.2) is 5.82 Å². The number of ether oxygens (including phenoxy) is 1. The lowest BCUT2D eigenvalue weighted by Gasteiger charge is -2.37. The largest absolute Gasteiger partial charge is 0.466 e. The van der Waals surface area contributed by atoms with Gasteiger partial charge in [-0.1, -0.05) is 0 Å². The van der Waals surface area contributed by atoms with E-state index in [4.69, 9.17) is 4.74 Å². The molecule has 4 heterocycles. The molecule has 4 rings (SSSR count). The van der Waals surface area contributed by atoms with Crippen LogP contribution in [0.2, 0.25) is 0 Å². The van der Waals surface area contributed by atoms with Gasteiger partial charge in [-0.3, -0.25) is 9.59 Å². The molecule has 2 aromatic rings. The third kappa shape index (κ3) is 5.26. The van der Waals surface area contributed by atoms with Crippen LogP contribution in [-0.2, 0) is 14.3 Å². The Morgan fingerprint density at radius 2 is 1.74 bits per heavy atom. The number of rotatable bonds is 5. The first kappa shape index (κ1) is 22.2. The predicted molar refractivity (Wildman–Crippen MR) is 124 cm³/mol. The van der Waals surface area contributed by atoms with Gasteiger partial charge in [0.25, 0.3) is 0 Å². The number of esters is 1. The Morgan fingerprint density at radius 3 is 2.32 bits per heavy atom. The number of hydrogen-bond acceptors (Lipinski definition) is 7. The summed E-state index contributed by atoms with van der Waals surface area (Å²) in [5.74, 6) is 0.947. The number of amides is 1. The SMILES string of the molecule is CCOC(=O)C1CCN(C(=O)C2CCN(c3ccc(-c4ccc(Br)s4)nn3)CC2)CC1. The minimum absolute atomic E-state index is 0.0473. The highest BCUT2D eigenvalue weighted by Gasteiger charge is 2.33. The van der Waals surface area contributed by atoms with Gasteiger partial charge in [-0.15, -0.1) is 21.5 Å². The topological polar surface area (TPSA) is 75.6 Å². The molecule has 9 heteroatoms. The van der Waals surface area contributed by atoms with Crippen molar-refractivity contribution in [1.29, 1.82) is 0 Å². The summed E-state index contributed by atoms with van der Waals surface area (Å²) in [7, 11) is 0. The van der Waals surface area contributed by atoms with Crippen molar-refractivity contribution in [3.8, 4) is 10.6 Å². The third-order valence-electron chi connectivity index (χ3n) is 6.07. The van der Waals surface area contributed by atoms with E-state index in [1.807, 2.05) is 36.1 Å². The van der Waals surface area contributed by atoms with Crippen molar-refractivity contribution in [3.63, 3.8) is 0 Å². The number of thiophene rings is 1. The van der Waals surface area contributed by atoms with E-state index in [1.54, 1.807) is 11.3 Å². The highest BCUT2D eigenvalue weighted by molar-refractivity contribution is 9.11. The summed E-state index contributed by atoms with van der Waals surface area (Å²) in [6.45, 7) is 5.13.